The van der Waals surface area contributed by atoms with Gasteiger partial charge in [-0.15, -0.1) is 0 Å². The Morgan fingerprint density at radius 2 is 1.93 bits per heavy atom. The molecule has 2 aliphatic rings. The average molecular weight is 391 g/mol. The fourth-order valence-corrected chi connectivity index (χ4v) is 4.51. The van der Waals surface area contributed by atoms with Gasteiger partial charge in [0.15, 0.2) is 0 Å². The maximum absolute atomic E-state index is 13.6. The molecule has 1 spiro atoms. The maximum atomic E-state index is 13.6. The third-order valence-electron chi connectivity index (χ3n) is 6.14. The van der Waals surface area contributed by atoms with Crippen molar-refractivity contribution in [1.82, 2.24) is 14.7 Å². The smallest absolute Gasteiger partial charge is 0.253 e. The van der Waals surface area contributed by atoms with E-state index in [9.17, 15) is 9.18 Å². The topological polar surface area (TPSA) is 47.4 Å². The van der Waals surface area contributed by atoms with E-state index in [1.165, 1.54) is 6.07 Å². The lowest BCUT2D eigenvalue weighted by Gasteiger charge is -2.44. The summed E-state index contributed by atoms with van der Waals surface area (Å²) in [5.41, 5.74) is 3.75. The third kappa shape index (κ3) is 2.74. The number of aromatic nitrogens is 2. The van der Waals surface area contributed by atoms with Gasteiger partial charge < -0.3 is 9.64 Å². The number of hydrogen-bond acceptors (Lipinski definition) is 3. The van der Waals surface area contributed by atoms with Gasteiger partial charge in [-0.25, -0.2) is 4.39 Å². The Labute approximate surface area is 168 Å². The lowest BCUT2D eigenvalue weighted by molar-refractivity contribution is -0.00172. The molecule has 0 bridgehead atoms. The van der Waals surface area contributed by atoms with Crippen molar-refractivity contribution < 1.29 is 13.9 Å². The van der Waals surface area contributed by atoms with Crippen LogP contribution in [0.4, 0.5) is 4.39 Å². The fourth-order valence-electron chi connectivity index (χ4n) is 4.51. The summed E-state index contributed by atoms with van der Waals surface area (Å²) in [6.45, 7) is 2.83. The summed E-state index contributed by atoms with van der Waals surface area (Å²) in [6, 6.07) is 12.6. The number of benzene rings is 2. The number of piperidine rings is 1. The Kier molecular flexibility index (Phi) is 3.98. The Balaban J connectivity index is 1.43. The summed E-state index contributed by atoms with van der Waals surface area (Å²) in [4.78, 5) is 14.8. The summed E-state index contributed by atoms with van der Waals surface area (Å²) in [6.07, 6.45) is 3.27. The molecule has 0 saturated carbocycles. The number of rotatable bonds is 1. The first kappa shape index (κ1) is 17.9. The molecule has 29 heavy (non-hydrogen) atoms. The van der Waals surface area contributed by atoms with Gasteiger partial charge in [0.1, 0.15) is 17.2 Å². The molecule has 5 nitrogen and oxygen atoms in total. The summed E-state index contributed by atoms with van der Waals surface area (Å²) < 4.78 is 22.0. The van der Waals surface area contributed by atoms with Gasteiger partial charge >= 0.3 is 0 Å². The van der Waals surface area contributed by atoms with E-state index in [1.807, 2.05) is 41.0 Å². The zero-order valence-electron chi connectivity index (χ0n) is 16.5. The Bertz CT molecular complexity index is 1110. The van der Waals surface area contributed by atoms with Crippen LogP contribution in [0.5, 0.6) is 5.75 Å². The van der Waals surface area contributed by atoms with Gasteiger partial charge in [0, 0.05) is 49.7 Å². The summed E-state index contributed by atoms with van der Waals surface area (Å²) in [7, 11) is 1.95. The Hall–Kier alpha value is -3.15. The molecule has 0 N–H and O–H groups in total. The molecule has 1 fully saturated rings. The second-order valence-electron chi connectivity index (χ2n) is 7.88. The number of likely N-dealkylation sites (tertiary alicyclic amines) is 1. The predicted molar refractivity (Wildman–Crippen MR) is 107 cm³/mol. The van der Waals surface area contributed by atoms with Crippen LogP contribution >= 0.6 is 0 Å². The molecule has 3 heterocycles. The zero-order valence-corrected chi connectivity index (χ0v) is 16.5. The predicted octanol–water partition coefficient (Wildman–Crippen LogP) is 4.06. The van der Waals surface area contributed by atoms with Crippen LogP contribution in [0.3, 0.4) is 0 Å². The molecule has 2 aliphatic heterocycles. The minimum Gasteiger partial charge on any atom is -0.482 e. The van der Waals surface area contributed by atoms with Gasteiger partial charge in [-0.1, -0.05) is 12.1 Å². The van der Waals surface area contributed by atoms with Crippen molar-refractivity contribution in [3.63, 3.8) is 0 Å². The van der Waals surface area contributed by atoms with Crippen LogP contribution in [0.15, 0.2) is 48.7 Å². The van der Waals surface area contributed by atoms with E-state index in [-0.39, 0.29) is 11.7 Å². The van der Waals surface area contributed by atoms with Crippen molar-refractivity contribution in [2.24, 2.45) is 7.05 Å². The van der Waals surface area contributed by atoms with Crippen LogP contribution in [-0.2, 0) is 12.6 Å². The molecule has 5 rings (SSSR count). The van der Waals surface area contributed by atoms with Gasteiger partial charge in [-0.05, 0) is 42.8 Å². The number of ether oxygens (including phenoxy) is 1. The molecule has 0 radical (unpaired) electrons. The van der Waals surface area contributed by atoms with Gasteiger partial charge in [0.25, 0.3) is 5.91 Å². The number of carbonyl (C=O) groups is 1. The molecule has 6 heteroatoms. The maximum Gasteiger partial charge on any atom is 0.253 e. The highest BCUT2D eigenvalue weighted by Crippen LogP contribution is 2.49. The highest BCUT2D eigenvalue weighted by molar-refractivity contribution is 5.94. The average Bonchev–Trinajstić information content (AvgIpc) is 3.13. The third-order valence-corrected chi connectivity index (χ3v) is 6.14. The van der Waals surface area contributed by atoms with Crippen molar-refractivity contribution in [3.05, 3.63) is 71.2 Å². The summed E-state index contributed by atoms with van der Waals surface area (Å²) in [5, 5.41) is 4.49. The van der Waals surface area contributed by atoms with Crippen LogP contribution in [0, 0.1) is 12.7 Å². The zero-order chi connectivity index (χ0) is 20.2. The molecular formula is C23H22FN3O2. The van der Waals surface area contributed by atoms with Gasteiger partial charge in [0.05, 0.1) is 11.9 Å². The molecule has 0 unspecified atom stereocenters. The summed E-state index contributed by atoms with van der Waals surface area (Å²) in [5.74, 6) is 0.501. The standard InChI is InChI=1S/C23H22FN3O2/c1-15-13-16(7-8-19(15)24)22(28)27-11-9-23(10-12-27)18-14-25-26(2)21(18)17-5-3-4-6-20(17)29-23/h3-8,13-14H,9-12H2,1-2H3. The van der Waals surface area contributed by atoms with E-state index in [4.69, 9.17) is 4.74 Å². The molecule has 1 amide bonds. The molecule has 148 valence electrons. The second kappa shape index (κ2) is 6.44. The van der Waals surface area contributed by atoms with E-state index >= 15 is 0 Å². The Morgan fingerprint density at radius 1 is 1.17 bits per heavy atom. The molecule has 1 saturated heterocycles. The first-order chi connectivity index (χ1) is 14.0. The minimum absolute atomic E-state index is 0.0643. The monoisotopic (exact) mass is 391 g/mol. The summed E-state index contributed by atoms with van der Waals surface area (Å²) >= 11 is 0. The van der Waals surface area contributed by atoms with E-state index < -0.39 is 5.60 Å². The highest BCUT2D eigenvalue weighted by atomic mass is 19.1. The molecule has 2 aromatic carbocycles. The number of aryl methyl sites for hydroxylation is 2. The number of carbonyl (C=O) groups excluding carboxylic acids is 1. The quantitative estimate of drug-likeness (QED) is 0.629. The van der Waals surface area contributed by atoms with E-state index in [1.54, 1.807) is 19.1 Å². The number of fused-ring (bicyclic) bond motifs is 4. The van der Waals surface area contributed by atoms with E-state index in [2.05, 4.69) is 11.2 Å². The van der Waals surface area contributed by atoms with Crippen molar-refractivity contribution in [2.75, 3.05) is 13.1 Å². The van der Waals surface area contributed by atoms with Crippen LogP contribution < -0.4 is 4.74 Å². The number of amides is 1. The lowest BCUT2D eigenvalue weighted by Crippen LogP contribution is -2.49. The van der Waals surface area contributed by atoms with Crippen LogP contribution in [0.25, 0.3) is 11.3 Å². The van der Waals surface area contributed by atoms with Crippen LogP contribution in [-0.4, -0.2) is 33.7 Å². The van der Waals surface area contributed by atoms with Gasteiger partial charge in [0.2, 0.25) is 0 Å². The van der Waals surface area contributed by atoms with Crippen LogP contribution in [0.2, 0.25) is 0 Å². The van der Waals surface area contributed by atoms with Crippen LogP contribution in [0.1, 0.15) is 34.3 Å². The van der Waals surface area contributed by atoms with Crippen molar-refractivity contribution >= 4 is 5.91 Å². The minimum atomic E-state index is -0.479. The van der Waals surface area contributed by atoms with Crippen molar-refractivity contribution in [1.29, 1.82) is 0 Å². The molecule has 0 atom stereocenters. The molecule has 1 aromatic heterocycles. The van der Waals surface area contributed by atoms with E-state index in [0.717, 1.165) is 22.6 Å². The molecule has 3 aromatic rings. The number of halogens is 1. The highest BCUT2D eigenvalue weighted by Gasteiger charge is 2.45. The first-order valence-corrected chi connectivity index (χ1v) is 9.85. The van der Waals surface area contributed by atoms with Crippen molar-refractivity contribution in [3.8, 4) is 17.0 Å². The normalized spacial score (nSPS) is 16.9. The second-order valence-corrected chi connectivity index (χ2v) is 7.88. The first-order valence-electron chi connectivity index (χ1n) is 9.85. The molecular weight excluding hydrogens is 369 g/mol. The van der Waals surface area contributed by atoms with Gasteiger partial charge in [-0.3, -0.25) is 9.48 Å². The number of para-hydroxylation sites is 1. The SMILES string of the molecule is Cc1cc(C(=O)N2CCC3(CC2)Oc2ccccc2-c2c3cnn2C)ccc1F. The Morgan fingerprint density at radius 3 is 2.69 bits per heavy atom. The van der Waals surface area contributed by atoms with E-state index in [0.29, 0.717) is 37.1 Å². The fraction of sp³-hybridized carbons (Fsp3) is 0.304. The lowest BCUT2D eigenvalue weighted by atomic mass is 9.81. The molecule has 0 aliphatic carbocycles. The number of nitrogens with zero attached hydrogens (tertiary/aromatic N) is 3. The largest absolute Gasteiger partial charge is 0.482 e. The van der Waals surface area contributed by atoms with Crippen molar-refractivity contribution in [2.45, 2.75) is 25.4 Å². The number of hydrogen-bond donors (Lipinski definition) is 0. The van der Waals surface area contributed by atoms with Gasteiger partial charge in [-0.2, -0.15) is 5.10 Å².